The third-order valence-corrected chi connectivity index (χ3v) is 6.14. The highest BCUT2D eigenvalue weighted by atomic mass is 79.9. The summed E-state index contributed by atoms with van der Waals surface area (Å²) in [7, 11) is -3.77. The summed E-state index contributed by atoms with van der Waals surface area (Å²) < 4.78 is 40.3. The first-order valence-electron chi connectivity index (χ1n) is 6.54. The summed E-state index contributed by atoms with van der Waals surface area (Å²) in [5.74, 6) is -0.610. The van der Waals surface area contributed by atoms with Crippen LogP contribution in [0.4, 0.5) is 4.39 Å². The number of aliphatic hydroxyl groups is 1. The minimum Gasteiger partial charge on any atom is -0.395 e. The third kappa shape index (κ3) is 3.21. The summed E-state index contributed by atoms with van der Waals surface area (Å²) in [6.07, 6.45) is 3.55. The van der Waals surface area contributed by atoms with Gasteiger partial charge in [0.2, 0.25) is 10.0 Å². The molecular weight excluding hydrogens is 349 g/mol. The highest BCUT2D eigenvalue weighted by molar-refractivity contribution is 9.10. The summed E-state index contributed by atoms with van der Waals surface area (Å²) in [5, 5.41) is 9.12. The van der Waals surface area contributed by atoms with Gasteiger partial charge in [-0.15, -0.1) is 0 Å². The average Bonchev–Trinajstić information content (AvgIpc) is 2.92. The Morgan fingerprint density at radius 2 is 2.00 bits per heavy atom. The van der Waals surface area contributed by atoms with Gasteiger partial charge in [0.25, 0.3) is 0 Å². The molecule has 1 aliphatic carbocycles. The van der Waals surface area contributed by atoms with Crippen molar-refractivity contribution < 1.29 is 17.9 Å². The first-order chi connectivity index (χ1) is 9.46. The summed E-state index contributed by atoms with van der Waals surface area (Å²) in [4.78, 5) is -0.0708. The van der Waals surface area contributed by atoms with Crippen molar-refractivity contribution in [3.63, 3.8) is 0 Å². The number of halogens is 2. The lowest BCUT2D eigenvalue weighted by Crippen LogP contribution is -2.40. The molecule has 0 amide bonds. The lowest BCUT2D eigenvalue weighted by molar-refractivity contribution is 0.226. The van der Waals surface area contributed by atoms with Crippen molar-refractivity contribution in [2.24, 2.45) is 0 Å². The molecule has 1 aromatic carbocycles. The van der Waals surface area contributed by atoms with Crippen LogP contribution in [0.15, 0.2) is 27.6 Å². The molecule has 20 heavy (non-hydrogen) atoms. The molecule has 1 fully saturated rings. The quantitative estimate of drug-likeness (QED) is 0.871. The van der Waals surface area contributed by atoms with Crippen LogP contribution in [0.3, 0.4) is 0 Å². The predicted octanol–water partition coefficient (Wildman–Crippen LogP) is 2.51. The molecule has 0 aromatic heterocycles. The fourth-order valence-corrected chi connectivity index (χ4v) is 4.50. The van der Waals surface area contributed by atoms with Crippen molar-refractivity contribution in [3.8, 4) is 0 Å². The minimum absolute atomic E-state index is 0.0463. The number of aliphatic hydroxyl groups excluding tert-OH is 1. The Morgan fingerprint density at radius 1 is 1.35 bits per heavy atom. The Balaban J connectivity index is 2.36. The zero-order chi connectivity index (χ0) is 14.8. The van der Waals surface area contributed by atoms with Crippen molar-refractivity contribution >= 4 is 26.0 Å². The number of sulfonamides is 1. The van der Waals surface area contributed by atoms with Crippen LogP contribution in [0, 0.1) is 5.82 Å². The standard InChI is InChI=1S/C13H17BrFNO3S/c14-12-6-5-11(9-13(12)15)20(18,19)16(7-8-17)10-3-1-2-4-10/h5-6,9-10,17H,1-4,7-8H2. The van der Waals surface area contributed by atoms with Gasteiger partial charge in [-0.2, -0.15) is 4.31 Å². The Bertz CT molecular complexity index is 573. The number of hydrogen-bond acceptors (Lipinski definition) is 3. The largest absolute Gasteiger partial charge is 0.395 e. The Hall–Kier alpha value is -0.500. The van der Waals surface area contributed by atoms with E-state index in [1.807, 2.05) is 0 Å². The molecule has 4 nitrogen and oxygen atoms in total. The molecule has 0 saturated heterocycles. The maximum absolute atomic E-state index is 13.6. The SMILES string of the molecule is O=S(=O)(c1ccc(Br)c(F)c1)N(CCO)C1CCCC1. The molecule has 1 aliphatic rings. The molecule has 0 radical (unpaired) electrons. The van der Waals surface area contributed by atoms with Crippen molar-refractivity contribution in [1.29, 1.82) is 0 Å². The molecule has 0 atom stereocenters. The van der Waals surface area contributed by atoms with E-state index in [4.69, 9.17) is 5.11 Å². The van der Waals surface area contributed by atoms with Crippen LogP contribution in [0.5, 0.6) is 0 Å². The van der Waals surface area contributed by atoms with Crippen LogP contribution in [0.1, 0.15) is 25.7 Å². The van der Waals surface area contributed by atoms with E-state index in [1.165, 1.54) is 16.4 Å². The smallest absolute Gasteiger partial charge is 0.243 e. The van der Waals surface area contributed by atoms with E-state index in [0.717, 1.165) is 31.7 Å². The summed E-state index contributed by atoms with van der Waals surface area (Å²) >= 11 is 3.01. The van der Waals surface area contributed by atoms with Crippen molar-refractivity contribution in [3.05, 3.63) is 28.5 Å². The second kappa shape index (κ2) is 6.51. The molecule has 0 unspecified atom stereocenters. The molecule has 1 aromatic rings. The number of rotatable bonds is 5. The summed E-state index contributed by atoms with van der Waals surface area (Å²) in [5.41, 5.74) is 0. The van der Waals surface area contributed by atoms with E-state index in [0.29, 0.717) is 0 Å². The number of hydrogen-bond donors (Lipinski definition) is 1. The highest BCUT2D eigenvalue weighted by Gasteiger charge is 2.33. The van der Waals surface area contributed by atoms with E-state index in [2.05, 4.69) is 15.9 Å². The number of benzene rings is 1. The Morgan fingerprint density at radius 3 is 2.55 bits per heavy atom. The topological polar surface area (TPSA) is 57.6 Å². The van der Waals surface area contributed by atoms with Gasteiger partial charge in [0.05, 0.1) is 16.0 Å². The first kappa shape index (κ1) is 15.9. The van der Waals surface area contributed by atoms with Gasteiger partial charge < -0.3 is 5.11 Å². The van der Waals surface area contributed by atoms with Crippen LogP contribution >= 0.6 is 15.9 Å². The maximum atomic E-state index is 13.6. The van der Waals surface area contributed by atoms with Crippen LogP contribution in [-0.2, 0) is 10.0 Å². The van der Waals surface area contributed by atoms with E-state index < -0.39 is 15.8 Å². The minimum atomic E-state index is -3.77. The molecule has 0 spiro atoms. The van der Waals surface area contributed by atoms with Gasteiger partial charge in [-0.05, 0) is 47.0 Å². The average molecular weight is 366 g/mol. The van der Waals surface area contributed by atoms with Crippen LogP contribution < -0.4 is 0 Å². The molecule has 0 bridgehead atoms. The normalized spacial score (nSPS) is 17.0. The molecule has 1 N–H and O–H groups in total. The first-order valence-corrected chi connectivity index (χ1v) is 8.78. The van der Waals surface area contributed by atoms with E-state index in [-0.39, 0.29) is 28.6 Å². The second-order valence-corrected chi connectivity index (χ2v) is 7.60. The second-order valence-electron chi connectivity index (χ2n) is 4.85. The fraction of sp³-hybridized carbons (Fsp3) is 0.538. The summed E-state index contributed by atoms with van der Waals surface area (Å²) in [6, 6.07) is 3.67. The van der Waals surface area contributed by atoms with E-state index in [1.54, 1.807) is 0 Å². The molecule has 0 heterocycles. The van der Waals surface area contributed by atoms with Gasteiger partial charge in [0, 0.05) is 12.6 Å². The molecular formula is C13H17BrFNO3S. The van der Waals surface area contributed by atoms with Crippen LogP contribution in [0.2, 0.25) is 0 Å². The van der Waals surface area contributed by atoms with Gasteiger partial charge in [0.15, 0.2) is 0 Å². The van der Waals surface area contributed by atoms with Gasteiger partial charge in [-0.3, -0.25) is 0 Å². The van der Waals surface area contributed by atoms with Gasteiger partial charge in [-0.25, -0.2) is 12.8 Å². The Labute approximate surface area is 126 Å². The van der Waals surface area contributed by atoms with Gasteiger partial charge in [-0.1, -0.05) is 12.8 Å². The molecule has 7 heteroatoms. The zero-order valence-electron chi connectivity index (χ0n) is 10.9. The molecule has 2 rings (SSSR count). The van der Waals surface area contributed by atoms with Gasteiger partial charge in [0.1, 0.15) is 5.82 Å². The van der Waals surface area contributed by atoms with E-state index >= 15 is 0 Å². The van der Waals surface area contributed by atoms with Crippen molar-refractivity contribution in [1.82, 2.24) is 4.31 Å². The van der Waals surface area contributed by atoms with Crippen molar-refractivity contribution in [2.75, 3.05) is 13.2 Å². The molecule has 112 valence electrons. The maximum Gasteiger partial charge on any atom is 0.243 e. The van der Waals surface area contributed by atoms with Crippen molar-refractivity contribution in [2.45, 2.75) is 36.6 Å². The van der Waals surface area contributed by atoms with E-state index in [9.17, 15) is 12.8 Å². The fourth-order valence-electron chi connectivity index (χ4n) is 2.56. The monoisotopic (exact) mass is 365 g/mol. The highest BCUT2D eigenvalue weighted by Crippen LogP contribution is 2.29. The summed E-state index contributed by atoms with van der Waals surface area (Å²) in [6.45, 7) is -0.195. The van der Waals surface area contributed by atoms with Gasteiger partial charge >= 0.3 is 0 Å². The number of nitrogens with zero attached hydrogens (tertiary/aromatic N) is 1. The Kier molecular flexibility index (Phi) is 5.17. The lowest BCUT2D eigenvalue weighted by atomic mass is 10.2. The van der Waals surface area contributed by atoms with Crippen LogP contribution in [0.25, 0.3) is 0 Å². The van der Waals surface area contributed by atoms with Crippen LogP contribution in [-0.4, -0.2) is 37.0 Å². The zero-order valence-corrected chi connectivity index (χ0v) is 13.3. The molecule has 0 aliphatic heterocycles. The predicted molar refractivity (Wildman–Crippen MR) is 77.3 cm³/mol. The third-order valence-electron chi connectivity index (χ3n) is 3.55. The molecule has 1 saturated carbocycles. The lowest BCUT2D eigenvalue weighted by Gasteiger charge is -2.27.